The zero-order valence-electron chi connectivity index (χ0n) is 16.8. The second-order valence-corrected chi connectivity index (χ2v) is 7.22. The third-order valence-corrected chi connectivity index (χ3v) is 5.35. The molecule has 5 heteroatoms. The molecule has 0 fully saturated rings. The van der Waals surface area contributed by atoms with Crippen molar-refractivity contribution in [2.45, 2.75) is 18.6 Å². The van der Waals surface area contributed by atoms with Gasteiger partial charge in [-0.25, -0.2) is 0 Å². The van der Waals surface area contributed by atoms with Crippen LogP contribution in [0.1, 0.15) is 29.7 Å². The molecule has 2 aromatic carbocycles. The number of nitrogens with zero attached hydrogens (tertiary/aromatic N) is 2. The van der Waals surface area contributed by atoms with Gasteiger partial charge in [-0.1, -0.05) is 12.1 Å². The van der Waals surface area contributed by atoms with Crippen molar-refractivity contribution in [2.24, 2.45) is 0 Å². The summed E-state index contributed by atoms with van der Waals surface area (Å²) in [6.45, 7) is 0. The quantitative estimate of drug-likeness (QED) is 0.646. The van der Waals surface area contributed by atoms with Crippen LogP contribution in [-0.2, 0) is 0 Å². The first-order valence-electron chi connectivity index (χ1n) is 9.43. The van der Waals surface area contributed by atoms with E-state index in [1.54, 1.807) is 14.2 Å². The zero-order valence-corrected chi connectivity index (χ0v) is 16.8. The molecule has 0 spiro atoms. The number of fused-ring (bicyclic) bond motifs is 1. The van der Waals surface area contributed by atoms with Gasteiger partial charge in [0.05, 0.1) is 14.2 Å². The van der Waals surface area contributed by atoms with Crippen molar-refractivity contribution < 1.29 is 14.2 Å². The molecule has 3 aromatic rings. The maximum atomic E-state index is 6.37. The van der Waals surface area contributed by atoms with Gasteiger partial charge in [-0.05, 0) is 29.8 Å². The van der Waals surface area contributed by atoms with Gasteiger partial charge in [0.15, 0.2) is 6.23 Å². The molecule has 0 amide bonds. The predicted octanol–water partition coefficient (Wildman–Crippen LogP) is 4.68. The fourth-order valence-corrected chi connectivity index (χ4v) is 3.85. The van der Waals surface area contributed by atoms with Crippen LogP contribution in [0.5, 0.6) is 17.2 Å². The van der Waals surface area contributed by atoms with Crippen LogP contribution in [0.15, 0.2) is 60.9 Å². The summed E-state index contributed by atoms with van der Waals surface area (Å²) in [4.78, 5) is 2.11. The normalized spacial score (nSPS) is 18.1. The molecule has 1 aromatic heterocycles. The summed E-state index contributed by atoms with van der Waals surface area (Å²) in [5.41, 5.74) is 3.50. The van der Waals surface area contributed by atoms with Gasteiger partial charge >= 0.3 is 0 Å². The second kappa shape index (κ2) is 7.50. The van der Waals surface area contributed by atoms with E-state index in [9.17, 15) is 0 Å². The van der Waals surface area contributed by atoms with E-state index < -0.39 is 0 Å². The van der Waals surface area contributed by atoms with E-state index in [-0.39, 0.29) is 12.1 Å². The van der Waals surface area contributed by atoms with Crippen LogP contribution in [-0.4, -0.2) is 32.9 Å². The largest absolute Gasteiger partial charge is 0.496 e. The Balaban J connectivity index is 1.82. The van der Waals surface area contributed by atoms with Crippen LogP contribution < -0.4 is 19.1 Å². The third-order valence-electron chi connectivity index (χ3n) is 5.35. The Hall–Kier alpha value is -3.08. The lowest BCUT2D eigenvalue weighted by Gasteiger charge is -2.34. The van der Waals surface area contributed by atoms with Gasteiger partial charge in [-0.15, -0.1) is 0 Å². The molecule has 0 saturated carbocycles. The first-order chi connectivity index (χ1) is 13.6. The molecule has 5 nitrogen and oxygen atoms in total. The summed E-state index contributed by atoms with van der Waals surface area (Å²) in [6, 6.07) is 16.6. The van der Waals surface area contributed by atoms with E-state index in [1.165, 1.54) is 11.3 Å². The van der Waals surface area contributed by atoms with Gasteiger partial charge in [-0.3, -0.25) is 0 Å². The molecule has 28 heavy (non-hydrogen) atoms. The van der Waals surface area contributed by atoms with E-state index in [0.717, 1.165) is 29.2 Å². The molecule has 2 unspecified atom stereocenters. The minimum Gasteiger partial charge on any atom is -0.496 e. The Labute approximate surface area is 166 Å². The number of methoxy groups -OCH3 is 2. The molecule has 0 aliphatic carbocycles. The smallest absolute Gasteiger partial charge is 0.176 e. The molecule has 0 bridgehead atoms. The van der Waals surface area contributed by atoms with Gasteiger partial charge in [0.25, 0.3) is 0 Å². The lowest BCUT2D eigenvalue weighted by Crippen LogP contribution is -2.24. The fourth-order valence-electron chi connectivity index (χ4n) is 3.85. The summed E-state index contributed by atoms with van der Waals surface area (Å²) in [5.74, 6) is 2.49. The molecule has 0 N–H and O–H groups in total. The first-order valence-corrected chi connectivity index (χ1v) is 9.43. The summed E-state index contributed by atoms with van der Waals surface area (Å²) in [5, 5.41) is 0. The molecule has 2 atom stereocenters. The highest BCUT2D eigenvalue weighted by Gasteiger charge is 2.33. The van der Waals surface area contributed by atoms with Gasteiger partial charge < -0.3 is 23.7 Å². The monoisotopic (exact) mass is 378 g/mol. The van der Waals surface area contributed by atoms with Crippen molar-refractivity contribution in [3.05, 3.63) is 72.1 Å². The highest BCUT2D eigenvalue weighted by atomic mass is 16.5. The van der Waals surface area contributed by atoms with Crippen LogP contribution in [0.2, 0.25) is 0 Å². The minimum absolute atomic E-state index is 0.0853. The summed E-state index contributed by atoms with van der Waals surface area (Å²) in [6.07, 6.45) is 4.82. The molecule has 4 rings (SSSR count). The number of anilines is 1. The maximum Gasteiger partial charge on any atom is 0.176 e. The number of rotatable bonds is 5. The zero-order chi connectivity index (χ0) is 19.7. The number of aromatic nitrogens is 1. The molecular formula is C23H26N2O3. The van der Waals surface area contributed by atoms with Crippen molar-refractivity contribution in [1.82, 2.24) is 4.57 Å². The Morgan fingerprint density at radius 1 is 1.00 bits per heavy atom. The number of hydrogen-bond acceptors (Lipinski definition) is 4. The second-order valence-electron chi connectivity index (χ2n) is 7.22. The van der Waals surface area contributed by atoms with Gasteiger partial charge in [0.2, 0.25) is 0 Å². The predicted molar refractivity (Wildman–Crippen MR) is 111 cm³/mol. The van der Waals surface area contributed by atoms with E-state index in [4.69, 9.17) is 14.2 Å². The van der Waals surface area contributed by atoms with E-state index >= 15 is 0 Å². The van der Waals surface area contributed by atoms with Gasteiger partial charge in [-0.2, -0.15) is 0 Å². The van der Waals surface area contributed by atoms with E-state index in [2.05, 4.69) is 47.8 Å². The van der Waals surface area contributed by atoms with Crippen molar-refractivity contribution in [1.29, 1.82) is 0 Å². The molecular weight excluding hydrogens is 352 g/mol. The molecule has 1 aliphatic heterocycles. The summed E-state index contributed by atoms with van der Waals surface area (Å²) >= 11 is 0. The average molecular weight is 378 g/mol. The van der Waals surface area contributed by atoms with E-state index in [1.807, 2.05) is 36.7 Å². The highest BCUT2D eigenvalue weighted by Crippen LogP contribution is 2.49. The van der Waals surface area contributed by atoms with Crippen LogP contribution >= 0.6 is 0 Å². The maximum absolute atomic E-state index is 6.37. The van der Waals surface area contributed by atoms with Crippen molar-refractivity contribution in [3.8, 4) is 17.2 Å². The van der Waals surface area contributed by atoms with Crippen LogP contribution in [0.3, 0.4) is 0 Å². The Morgan fingerprint density at radius 2 is 1.71 bits per heavy atom. The average Bonchev–Trinajstić information content (AvgIpc) is 3.27. The summed E-state index contributed by atoms with van der Waals surface area (Å²) in [7, 11) is 7.45. The van der Waals surface area contributed by atoms with Crippen molar-refractivity contribution in [3.63, 3.8) is 0 Å². The Kier molecular flexibility index (Phi) is 4.90. The molecule has 0 saturated heterocycles. The lowest BCUT2D eigenvalue weighted by atomic mass is 9.84. The van der Waals surface area contributed by atoms with Crippen molar-refractivity contribution in [2.75, 3.05) is 33.2 Å². The van der Waals surface area contributed by atoms with Crippen LogP contribution in [0.25, 0.3) is 0 Å². The van der Waals surface area contributed by atoms with Crippen LogP contribution in [0.4, 0.5) is 5.69 Å². The van der Waals surface area contributed by atoms with Gasteiger partial charge in [0.1, 0.15) is 17.2 Å². The molecule has 1 aliphatic rings. The third kappa shape index (κ3) is 3.28. The lowest BCUT2D eigenvalue weighted by molar-refractivity contribution is 0.0981. The molecule has 2 heterocycles. The SMILES string of the molecule is COc1cc(OC)c2c(c1)OC(n1cccc1)CC2c1ccc(N(C)C)cc1. The van der Waals surface area contributed by atoms with Crippen LogP contribution in [0, 0.1) is 0 Å². The van der Waals surface area contributed by atoms with E-state index in [0.29, 0.717) is 0 Å². The van der Waals surface area contributed by atoms with Crippen molar-refractivity contribution >= 4 is 5.69 Å². The fraction of sp³-hybridized carbons (Fsp3) is 0.304. The minimum atomic E-state index is -0.0853. The Morgan fingerprint density at radius 3 is 2.32 bits per heavy atom. The highest BCUT2D eigenvalue weighted by molar-refractivity contribution is 5.57. The number of benzene rings is 2. The standard InChI is InChI=1S/C23H26N2O3/c1-24(2)17-9-7-16(8-10-17)19-15-22(25-11-5-6-12-25)28-21-14-18(26-3)13-20(27-4)23(19)21/h5-14,19,22H,15H2,1-4H3. The first kappa shape index (κ1) is 18.3. The molecule has 0 radical (unpaired) electrons. The Bertz CT molecular complexity index is 933. The number of ether oxygens (including phenoxy) is 3. The van der Waals surface area contributed by atoms with Gasteiger partial charge in [0, 0.05) is 62.2 Å². The number of hydrogen-bond donors (Lipinski definition) is 0. The topological polar surface area (TPSA) is 35.9 Å². The molecule has 146 valence electrons. The summed E-state index contributed by atoms with van der Waals surface area (Å²) < 4.78 is 19.7.